The first-order valence-corrected chi connectivity index (χ1v) is 6.45. The first-order chi connectivity index (χ1) is 9.56. The van der Waals surface area contributed by atoms with E-state index in [0.29, 0.717) is 0 Å². The highest BCUT2D eigenvalue weighted by Crippen LogP contribution is 2.20. The van der Waals surface area contributed by atoms with Gasteiger partial charge in [0.25, 0.3) is 0 Å². The summed E-state index contributed by atoms with van der Waals surface area (Å²) in [7, 11) is 0. The number of carbonyl (C=O) groups is 1. The Kier molecular flexibility index (Phi) is 4.48. The van der Waals surface area contributed by atoms with Crippen molar-refractivity contribution in [2.24, 2.45) is 5.73 Å². The zero-order valence-corrected chi connectivity index (χ0v) is 11.3. The summed E-state index contributed by atoms with van der Waals surface area (Å²) >= 11 is 0. The zero-order valence-electron chi connectivity index (χ0n) is 11.3. The third kappa shape index (κ3) is 3.65. The van der Waals surface area contributed by atoms with Crippen molar-refractivity contribution in [3.05, 3.63) is 65.5 Å². The highest BCUT2D eigenvalue weighted by Gasteiger charge is 2.09. The molecule has 0 aliphatic heterocycles. The van der Waals surface area contributed by atoms with Crippen LogP contribution >= 0.6 is 0 Å². The van der Waals surface area contributed by atoms with E-state index in [2.05, 4.69) is 5.32 Å². The maximum absolute atomic E-state index is 12.8. The Balaban J connectivity index is 2.07. The van der Waals surface area contributed by atoms with Crippen LogP contribution in [0.4, 0.5) is 10.1 Å². The number of benzene rings is 2. The number of nitrogens with two attached hydrogens (primary N) is 1. The van der Waals surface area contributed by atoms with Crippen LogP contribution in [-0.4, -0.2) is 5.91 Å². The molecular formula is C16H17FN2O. The molecular weight excluding hydrogens is 255 g/mol. The highest BCUT2D eigenvalue weighted by molar-refractivity contribution is 5.93. The maximum atomic E-state index is 12.8. The van der Waals surface area contributed by atoms with E-state index < -0.39 is 0 Å². The van der Waals surface area contributed by atoms with Crippen molar-refractivity contribution in [3.8, 4) is 0 Å². The summed E-state index contributed by atoms with van der Waals surface area (Å²) in [4.78, 5) is 12.0. The molecule has 0 aliphatic rings. The first-order valence-electron chi connectivity index (χ1n) is 6.45. The molecule has 0 heterocycles. The number of anilines is 1. The molecule has 2 rings (SSSR count). The Morgan fingerprint density at radius 2 is 1.85 bits per heavy atom. The van der Waals surface area contributed by atoms with Gasteiger partial charge in [-0.2, -0.15) is 0 Å². The number of amides is 1. The second kappa shape index (κ2) is 6.30. The van der Waals surface area contributed by atoms with Crippen LogP contribution in [0.15, 0.2) is 48.5 Å². The van der Waals surface area contributed by atoms with Crippen molar-refractivity contribution in [3.63, 3.8) is 0 Å². The van der Waals surface area contributed by atoms with Gasteiger partial charge in [0.1, 0.15) is 5.82 Å². The largest absolute Gasteiger partial charge is 0.325 e. The normalized spacial score (nSPS) is 11.9. The average Bonchev–Trinajstić information content (AvgIpc) is 2.41. The van der Waals surface area contributed by atoms with Crippen LogP contribution < -0.4 is 11.1 Å². The van der Waals surface area contributed by atoms with Gasteiger partial charge in [0.15, 0.2) is 0 Å². The minimum absolute atomic E-state index is 0.148. The summed E-state index contributed by atoms with van der Waals surface area (Å²) in [5.41, 5.74) is 8.24. The lowest BCUT2D eigenvalue weighted by Crippen LogP contribution is -2.17. The Morgan fingerprint density at radius 3 is 2.50 bits per heavy atom. The van der Waals surface area contributed by atoms with E-state index in [0.717, 1.165) is 16.8 Å². The van der Waals surface area contributed by atoms with Crippen LogP contribution in [0, 0.1) is 5.82 Å². The second-order valence-corrected chi connectivity index (χ2v) is 4.73. The molecule has 1 amide bonds. The van der Waals surface area contributed by atoms with E-state index in [1.165, 1.54) is 12.1 Å². The molecule has 0 saturated carbocycles. The Bertz CT molecular complexity index is 594. The minimum Gasteiger partial charge on any atom is -0.325 e. The van der Waals surface area contributed by atoms with Crippen molar-refractivity contribution in [1.82, 2.24) is 0 Å². The van der Waals surface area contributed by atoms with Gasteiger partial charge in [0.2, 0.25) is 5.91 Å². The lowest BCUT2D eigenvalue weighted by molar-refractivity contribution is -0.115. The van der Waals surface area contributed by atoms with Crippen LogP contribution in [-0.2, 0) is 11.2 Å². The van der Waals surface area contributed by atoms with E-state index in [-0.39, 0.29) is 24.2 Å². The lowest BCUT2D eigenvalue weighted by atomic mass is 10.1. The summed E-state index contributed by atoms with van der Waals surface area (Å²) in [6, 6.07) is 13.2. The minimum atomic E-state index is -0.309. The van der Waals surface area contributed by atoms with Crippen molar-refractivity contribution in [1.29, 1.82) is 0 Å². The predicted molar refractivity (Wildman–Crippen MR) is 77.8 cm³/mol. The summed E-state index contributed by atoms with van der Waals surface area (Å²) in [5, 5.41) is 2.84. The van der Waals surface area contributed by atoms with Gasteiger partial charge >= 0.3 is 0 Å². The molecule has 0 spiro atoms. The molecule has 1 unspecified atom stereocenters. The average molecular weight is 272 g/mol. The molecule has 3 nitrogen and oxygen atoms in total. The summed E-state index contributed by atoms with van der Waals surface area (Å²) in [6.45, 7) is 1.87. The maximum Gasteiger partial charge on any atom is 0.228 e. The monoisotopic (exact) mass is 272 g/mol. The van der Waals surface area contributed by atoms with E-state index in [1.54, 1.807) is 12.1 Å². The molecule has 1 atom stereocenters. The standard InChI is InChI=1S/C16H17FN2O/c1-11(18)14-4-2-3-5-15(14)19-16(20)10-12-6-8-13(17)9-7-12/h2-9,11H,10,18H2,1H3,(H,19,20). The molecule has 0 aromatic heterocycles. The molecule has 3 N–H and O–H groups in total. The topological polar surface area (TPSA) is 55.1 Å². The predicted octanol–water partition coefficient (Wildman–Crippen LogP) is 3.03. The van der Waals surface area contributed by atoms with Crippen LogP contribution in [0.5, 0.6) is 0 Å². The van der Waals surface area contributed by atoms with Gasteiger partial charge in [0.05, 0.1) is 6.42 Å². The van der Waals surface area contributed by atoms with Gasteiger partial charge in [-0.3, -0.25) is 4.79 Å². The number of carbonyl (C=O) groups excluding carboxylic acids is 1. The van der Waals surface area contributed by atoms with E-state index in [9.17, 15) is 9.18 Å². The molecule has 0 radical (unpaired) electrons. The molecule has 2 aromatic carbocycles. The Hall–Kier alpha value is -2.20. The fraction of sp³-hybridized carbons (Fsp3) is 0.188. The van der Waals surface area contributed by atoms with Gasteiger partial charge in [-0.1, -0.05) is 30.3 Å². The SMILES string of the molecule is CC(N)c1ccccc1NC(=O)Cc1ccc(F)cc1. The summed E-state index contributed by atoms with van der Waals surface area (Å²) in [5.74, 6) is -0.457. The lowest BCUT2D eigenvalue weighted by Gasteiger charge is -2.13. The second-order valence-electron chi connectivity index (χ2n) is 4.73. The summed E-state index contributed by atoms with van der Waals surface area (Å²) < 4.78 is 12.8. The number of nitrogens with one attached hydrogen (secondary N) is 1. The molecule has 0 fully saturated rings. The third-order valence-corrected chi connectivity index (χ3v) is 3.00. The molecule has 20 heavy (non-hydrogen) atoms. The molecule has 2 aromatic rings. The van der Waals surface area contributed by atoms with Crippen molar-refractivity contribution in [2.45, 2.75) is 19.4 Å². The Labute approximate surface area is 117 Å². The molecule has 0 saturated heterocycles. The highest BCUT2D eigenvalue weighted by atomic mass is 19.1. The fourth-order valence-corrected chi connectivity index (χ4v) is 1.99. The molecule has 0 aliphatic carbocycles. The number of halogens is 1. The number of hydrogen-bond donors (Lipinski definition) is 2. The van der Waals surface area contributed by atoms with Crippen molar-refractivity contribution < 1.29 is 9.18 Å². The smallest absolute Gasteiger partial charge is 0.228 e. The molecule has 0 bridgehead atoms. The van der Waals surface area contributed by atoms with E-state index >= 15 is 0 Å². The van der Waals surface area contributed by atoms with Gasteiger partial charge < -0.3 is 11.1 Å². The van der Waals surface area contributed by atoms with Gasteiger partial charge in [-0.25, -0.2) is 4.39 Å². The fourth-order valence-electron chi connectivity index (χ4n) is 1.99. The molecule has 104 valence electrons. The molecule has 4 heteroatoms. The third-order valence-electron chi connectivity index (χ3n) is 3.00. The number of para-hydroxylation sites is 1. The van der Waals surface area contributed by atoms with Gasteiger partial charge in [0, 0.05) is 11.7 Å². The zero-order chi connectivity index (χ0) is 14.5. The summed E-state index contributed by atoms with van der Waals surface area (Å²) in [6.07, 6.45) is 0.202. The van der Waals surface area contributed by atoms with Crippen LogP contribution in [0.3, 0.4) is 0 Å². The Morgan fingerprint density at radius 1 is 1.20 bits per heavy atom. The van der Waals surface area contributed by atoms with Gasteiger partial charge in [-0.05, 0) is 36.2 Å². The number of hydrogen-bond acceptors (Lipinski definition) is 2. The van der Waals surface area contributed by atoms with E-state index in [4.69, 9.17) is 5.73 Å². The van der Waals surface area contributed by atoms with Crippen molar-refractivity contribution >= 4 is 11.6 Å². The van der Waals surface area contributed by atoms with Gasteiger partial charge in [-0.15, -0.1) is 0 Å². The van der Waals surface area contributed by atoms with Crippen molar-refractivity contribution in [2.75, 3.05) is 5.32 Å². The van der Waals surface area contributed by atoms with Crippen LogP contribution in [0.25, 0.3) is 0 Å². The van der Waals surface area contributed by atoms with Crippen LogP contribution in [0.2, 0.25) is 0 Å². The van der Waals surface area contributed by atoms with Crippen LogP contribution in [0.1, 0.15) is 24.1 Å². The number of rotatable bonds is 4. The quantitative estimate of drug-likeness (QED) is 0.898. The first kappa shape index (κ1) is 14.2. The van der Waals surface area contributed by atoms with E-state index in [1.807, 2.05) is 31.2 Å².